The van der Waals surface area contributed by atoms with E-state index < -0.39 is 0 Å². The zero-order chi connectivity index (χ0) is 15.4. The van der Waals surface area contributed by atoms with Crippen LogP contribution in [-0.4, -0.2) is 30.1 Å². The van der Waals surface area contributed by atoms with Crippen LogP contribution in [0.1, 0.15) is 11.6 Å². The van der Waals surface area contributed by atoms with E-state index in [1.807, 2.05) is 37.3 Å². The Morgan fingerprint density at radius 1 is 1.14 bits per heavy atom. The summed E-state index contributed by atoms with van der Waals surface area (Å²) in [5.41, 5.74) is 6.62. The quantitative estimate of drug-likeness (QED) is 0.611. The van der Waals surface area contributed by atoms with E-state index in [0.29, 0.717) is 22.7 Å². The largest absolute Gasteiger partial charge is 0.368 e. The molecule has 8 nitrogen and oxygen atoms in total. The molecule has 4 N–H and O–H groups in total. The monoisotopic (exact) mass is 314 g/mol. The van der Waals surface area contributed by atoms with Gasteiger partial charge in [-0.25, -0.2) is 4.98 Å². The normalized spacial score (nSPS) is 10.6. The SMILES string of the molecule is Cc1nc(SCc2nc(N)nc(Nc3ccccc3)n2)n[nH]1. The highest BCUT2D eigenvalue weighted by atomic mass is 32.2. The number of hydrogen-bond acceptors (Lipinski definition) is 8. The standard InChI is InChI=1S/C13H14N8S/c1-8-15-13(21-20-8)22-7-10-17-11(14)19-12(18-10)16-9-5-3-2-4-6-9/h2-6H,7H2,1H3,(H,15,20,21)(H3,14,16,17,18,19). The molecule has 0 saturated heterocycles. The van der Waals surface area contributed by atoms with Gasteiger partial charge in [0.2, 0.25) is 17.1 Å². The molecule has 9 heteroatoms. The molecule has 0 fully saturated rings. The molecule has 0 aliphatic heterocycles. The third-order valence-corrected chi connectivity index (χ3v) is 3.48. The lowest BCUT2D eigenvalue weighted by Crippen LogP contribution is -2.06. The summed E-state index contributed by atoms with van der Waals surface area (Å²) in [6.07, 6.45) is 0. The van der Waals surface area contributed by atoms with Crippen molar-refractivity contribution in [1.29, 1.82) is 0 Å². The van der Waals surface area contributed by atoms with E-state index in [0.717, 1.165) is 11.5 Å². The highest BCUT2D eigenvalue weighted by Crippen LogP contribution is 2.19. The number of nitrogens with two attached hydrogens (primary N) is 1. The second-order valence-corrected chi connectivity index (χ2v) is 5.36. The third kappa shape index (κ3) is 3.70. The highest BCUT2D eigenvalue weighted by Gasteiger charge is 2.07. The van der Waals surface area contributed by atoms with Gasteiger partial charge in [0.1, 0.15) is 11.6 Å². The van der Waals surface area contributed by atoms with Crippen LogP contribution in [0.3, 0.4) is 0 Å². The molecule has 0 radical (unpaired) electrons. The number of H-pyrrole nitrogens is 1. The highest BCUT2D eigenvalue weighted by molar-refractivity contribution is 7.98. The van der Waals surface area contributed by atoms with Crippen LogP contribution in [0.5, 0.6) is 0 Å². The number of rotatable bonds is 5. The second-order valence-electron chi connectivity index (χ2n) is 4.42. The number of thioether (sulfide) groups is 1. The van der Waals surface area contributed by atoms with Crippen LogP contribution < -0.4 is 11.1 Å². The lowest BCUT2D eigenvalue weighted by atomic mass is 10.3. The van der Waals surface area contributed by atoms with E-state index in [9.17, 15) is 0 Å². The van der Waals surface area contributed by atoms with Crippen molar-refractivity contribution in [3.05, 3.63) is 42.0 Å². The Labute approximate surface area is 131 Å². The summed E-state index contributed by atoms with van der Waals surface area (Å²) in [4.78, 5) is 16.8. The first-order chi connectivity index (χ1) is 10.7. The summed E-state index contributed by atoms with van der Waals surface area (Å²) >= 11 is 1.43. The van der Waals surface area contributed by atoms with E-state index in [-0.39, 0.29) is 5.95 Å². The molecule has 0 unspecified atom stereocenters. The van der Waals surface area contributed by atoms with E-state index in [4.69, 9.17) is 5.73 Å². The van der Waals surface area contributed by atoms with Crippen LogP contribution in [0.15, 0.2) is 35.5 Å². The second kappa shape index (κ2) is 6.39. The van der Waals surface area contributed by atoms with Crippen molar-refractivity contribution in [1.82, 2.24) is 30.1 Å². The Bertz CT molecular complexity index is 758. The summed E-state index contributed by atoms with van der Waals surface area (Å²) in [5, 5.41) is 10.6. The summed E-state index contributed by atoms with van der Waals surface area (Å²) in [6.45, 7) is 1.85. The molecule has 0 atom stereocenters. The Kier molecular flexibility index (Phi) is 4.15. The van der Waals surface area contributed by atoms with Gasteiger partial charge in [0.25, 0.3) is 0 Å². The van der Waals surface area contributed by atoms with Gasteiger partial charge in [-0.2, -0.15) is 15.0 Å². The first-order valence-corrected chi connectivity index (χ1v) is 7.52. The number of nitrogens with one attached hydrogen (secondary N) is 2. The van der Waals surface area contributed by atoms with Gasteiger partial charge >= 0.3 is 0 Å². The fraction of sp³-hybridized carbons (Fsp3) is 0.154. The maximum absolute atomic E-state index is 5.74. The first-order valence-electron chi connectivity index (χ1n) is 6.53. The summed E-state index contributed by atoms with van der Waals surface area (Å²) in [5.74, 6) is 2.44. The summed E-state index contributed by atoms with van der Waals surface area (Å²) < 4.78 is 0. The van der Waals surface area contributed by atoms with Gasteiger partial charge in [0.15, 0.2) is 0 Å². The summed E-state index contributed by atoms with van der Waals surface area (Å²) in [6, 6.07) is 9.63. The van der Waals surface area contributed by atoms with Gasteiger partial charge < -0.3 is 11.1 Å². The molecule has 0 spiro atoms. The number of benzene rings is 1. The van der Waals surface area contributed by atoms with E-state index in [1.54, 1.807) is 0 Å². The van der Waals surface area contributed by atoms with Crippen molar-refractivity contribution >= 4 is 29.3 Å². The van der Waals surface area contributed by atoms with E-state index >= 15 is 0 Å². The number of aryl methyl sites for hydroxylation is 1. The minimum absolute atomic E-state index is 0.176. The Balaban J connectivity index is 1.72. The van der Waals surface area contributed by atoms with Crippen LogP contribution in [0.4, 0.5) is 17.6 Å². The Hall–Kier alpha value is -2.68. The molecule has 3 aromatic rings. The predicted molar refractivity (Wildman–Crippen MR) is 84.6 cm³/mol. The van der Waals surface area contributed by atoms with Crippen LogP contribution >= 0.6 is 11.8 Å². The van der Waals surface area contributed by atoms with Crippen molar-refractivity contribution < 1.29 is 0 Å². The van der Waals surface area contributed by atoms with Crippen molar-refractivity contribution in [2.24, 2.45) is 0 Å². The van der Waals surface area contributed by atoms with Gasteiger partial charge in [-0.05, 0) is 19.1 Å². The molecule has 3 rings (SSSR count). The van der Waals surface area contributed by atoms with Crippen LogP contribution in [0.2, 0.25) is 0 Å². The number of aromatic nitrogens is 6. The molecule has 22 heavy (non-hydrogen) atoms. The lowest BCUT2D eigenvalue weighted by Gasteiger charge is -2.06. The van der Waals surface area contributed by atoms with Gasteiger partial charge in [-0.1, -0.05) is 30.0 Å². The number of anilines is 3. The average molecular weight is 314 g/mol. The molecule has 0 amide bonds. The number of aromatic amines is 1. The lowest BCUT2D eigenvalue weighted by molar-refractivity contribution is 0.954. The Morgan fingerprint density at radius 3 is 2.68 bits per heavy atom. The fourth-order valence-electron chi connectivity index (χ4n) is 1.72. The zero-order valence-corrected chi connectivity index (χ0v) is 12.6. The maximum Gasteiger partial charge on any atom is 0.232 e. The topological polar surface area (TPSA) is 118 Å². The number of nitrogen functional groups attached to an aromatic ring is 1. The molecular weight excluding hydrogens is 300 g/mol. The first kappa shape index (κ1) is 14.3. The minimum Gasteiger partial charge on any atom is -0.368 e. The van der Waals surface area contributed by atoms with Gasteiger partial charge in [0.05, 0.1) is 5.75 Å². The minimum atomic E-state index is 0.176. The van der Waals surface area contributed by atoms with Crippen molar-refractivity contribution in [3.63, 3.8) is 0 Å². The van der Waals surface area contributed by atoms with Crippen LogP contribution in [0.25, 0.3) is 0 Å². The predicted octanol–water partition coefficient (Wildman–Crippen LogP) is 1.92. The molecule has 2 heterocycles. The van der Waals surface area contributed by atoms with Crippen LogP contribution in [-0.2, 0) is 5.75 Å². The number of nitrogens with zero attached hydrogens (tertiary/aromatic N) is 5. The summed E-state index contributed by atoms with van der Waals surface area (Å²) in [7, 11) is 0. The van der Waals surface area contributed by atoms with E-state index in [1.165, 1.54) is 11.8 Å². The van der Waals surface area contributed by atoms with E-state index in [2.05, 4.69) is 35.5 Å². The maximum atomic E-state index is 5.74. The Morgan fingerprint density at radius 2 is 1.95 bits per heavy atom. The molecule has 1 aromatic carbocycles. The average Bonchev–Trinajstić information content (AvgIpc) is 2.91. The van der Waals surface area contributed by atoms with Gasteiger partial charge in [0, 0.05) is 5.69 Å². The van der Waals surface area contributed by atoms with Gasteiger partial charge in [-0.3, -0.25) is 5.10 Å². The molecular formula is C13H14N8S. The molecule has 112 valence electrons. The molecule has 0 aliphatic rings. The van der Waals surface area contributed by atoms with Crippen molar-refractivity contribution in [2.75, 3.05) is 11.1 Å². The smallest absolute Gasteiger partial charge is 0.232 e. The van der Waals surface area contributed by atoms with Crippen LogP contribution in [0, 0.1) is 6.92 Å². The molecule has 0 bridgehead atoms. The zero-order valence-electron chi connectivity index (χ0n) is 11.8. The fourth-order valence-corrected chi connectivity index (χ4v) is 2.42. The number of hydrogen-bond donors (Lipinski definition) is 3. The molecule has 2 aromatic heterocycles. The van der Waals surface area contributed by atoms with Crippen molar-refractivity contribution in [3.8, 4) is 0 Å². The number of para-hydroxylation sites is 1. The molecule has 0 saturated carbocycles. The van der Waals surface area contributed by atoms with Gasteiger partial charge in [-0.15, -0.1) is 5.10 Å². The third-order valence-electron chi connectivity index (χ3n) is 2.64. The van der Waals surface area contributed by atoms with Crippen molar-refractivity contribution in [2.45, 2.75) is 17.8 Å². The molecule has 0 aliphatic carbocycles.